The fourth-order valence-corrected chi connectivity index (χ4v) is 4.93. The van der Waals surface area contributed by atoms with E-state index in [1.54, 1.807) is 0 Å². The summed E-state index contributed by atoms with van der Waals surface area (Å²) in [4.78, 5) is 13.1. The topological polar surface area (TPSA) is 90.8 Å². The summed E-state index contributed by atoms with van der Waals surface area (Å²) < 4.78 is 79.3. The maximum absolute atomic E-state index is 13.9. The molecular formula is C22H27F4N5O3S. The Morgan fingerprint density at radius 2 is 1.97 bits per heavy atom. The second-order valence-corrected chi connectivity index (χ2v) is 9.59. The molecule has 0 saturated carbocycles. The number of hydrogen-bond donors (Lipinski definition) is 2. The quantitative estimate of drug-likeness (QED) is 0.407. The van der Waals surface area contributed by atoms with Crippen molar-refractivity contribution in [1.29, 1.82) is 0 Å². The zero-order valence-electron chi connectivity index (χ0n) is 19.1. The summed E-state index contributed by atoms with van der Waals surface area (Å²) >= 11 is -2.00. The zero-order chi connectivity index (χ0) is 25.1. The first-order valence-electron chi connectivity index (χ1n) is 11.3. The van der Waals surface area contributed by atoms with E-state index in [4.69, 9.17) is 9.72 Å². The van der Waals surface area contributed by atoms with Crippen LogP contribution in [0.15, 0.2) is 18.2 Å². The molecule has 2 unspecified atom stereocenters. The predicted molar refractivity (Wildman–Crippen MR) is 123 cm³/mol. The molecule has 1 fully saturated rings. The second kappa shape index (κ2) is 11.0. The monoisotopic (exact) mass is 517 g/mol. The van der Waals surface area contributed by atoms with Gasteiger partial charge in [-0.3, -0.25) is 4.90 Å². The van der Waals surface area contributed by atoms with Crippen molar-refractivity contribution in [2.75, 3.05) is 35.7 Å². The lowest BCUT2D eigenvalue weighted by molar-refractivity contribution is 0.162. The van der Waals surface area contributed by atoms with Gasteiger partial charge < -0.3 is 19.5 Å². The maximum atomic E-state index is 13.9. The van der Waals surface area contributed by atoms with E-state index in [2.05, 4.69) is 10.3 Å². The third kappa shape index (κ3) is 6.39. The van der Waals surface area contributed by atoms with Crippen molar-refractivity contribution in [2.45, 2.75) is 51.3 Å². The molecular weight excluding hydrogens is 490 g/mol. The molecule has 0 amide bonds. The Balaban J connectivity index is 1.51. The number of piperidine rings is 1. The van der Waals surface area contributed by atoms with Crippen molar-refractivity contribution in [1.82, 2.24) is 14.9 Å². The number of fused-ring (bicyclic) bond motifs is 1. The van der Waals surface area contributed by atoms with Gasteiger partial charge in [-0.05, 0) is 19.1 Å². The Labute approximate surface area is 203 Å². The fraction of sp³-hybridized carbons (Fsp3) is 0.545. The van der Waals surface area contributed by atoms with Crippen LogP contribution in [0.1, 0.15) is 31.2 Å². The molecule has 1 saturated heterocycles. The molecule has 2 aromatic rings. The largest absolute Gasteiger partial charge is 0.487 e. The minimum absolute atomic E-state index is 0.0202. The molecule has 3 heterocycles. The van der Waals surface area contributed by atoms with Crippen molar-refractivity contribution in [3.63, 3.8) is 0 Å². The highest BCUT2D eigenvalue weighted by Gasteiger charge is 2.30. The summed E-state index contributed by atoms with van der Waals surface area (Å²) in [5.41, 5.74) is 1.31. The number of nitrogens with one attached hydrogen (secondary N) is 1. The molecule has 0 spiro atoms. The van der Waals surface area contributed by atoms with E-state index in [0.29, 0.717) is 56.1 Å². The molecule has 1 aromatic carbocycles. The van der Waals surface area contributed by atoms with Gasteiger partial charge in [-0.25, -0.2) is 31.7 Å². The van der Waals surface area contributed by atoms with Gasteiger partial charge in [-0.15, -0.1) is 0 Å². The average molecular weight is 518 g/mol. The van der Waals surface area contributed by atoms with Crippen molar-refractivity contribution < 1.29 is 31.1 Å². The van der Waals surface area contributed by atoms with Gasteiger partial charge in [-0.1, -0.05) is 0 Å². The lowest BCUT2D eigenvalue weighted by Gasteiger charge is -2.36. The van der Waals surface area contributed by atoms with Gasteiger partial charge in [0.2, 0.25) is 0 Å². The first kappa shape index (κ1) is 25.6. The molecule has 35 heavy (non-hydrogen) atoms. The van der Waals surface area contributed by atoms with E-state index in [9.17, 15) is 26.3 Å². The van der Waals surface area contributed by atoms with Crippen LogP contribution in [0.5, 0.6) is 5.75 Å². The van der Waals surface area contributed by atoms with Gasteiger partial charge in [0.25, 0.3) is 6.43 Å². The summed E-state index contributed by atoms with van der Waals surface area (Å²) in [7, 11) is 0. The van der Waals surface area contributed by atoms with Gasteiger partial charge in [0.05, 0.1) is 17.9 Å². The predicted octanol–water partition coefficient (Wildman–Crippen LogP) is 3.41. The number of nitrogens with zero attached hydrogens (tertiary/aromatic N) is 4. The van der Waals surface area contributed by atoms with Crippen LogP contribution in [0, 0.1) is 11.6 Å². The molecule has 4 rings (SSSR count). The van der Waals surface area contributed by atoms with Crippen LogP contribution in [0.2, 0.25) is 0 Å². The van der Waals surface area contributed by atoms with Crippen LogP contribution in [-0.4, -0.2) is 67.7 Å². The number of ether oxygens (including phenoxy) is 1. The Kier molecular flexibility index (Phi) is 8.07. The molecule has 8 nitrogen and oxygen atoms in total. The molecule has 2 N–H and O–H groups in total. The summed E-state index contributed by atoms with van der Waals surface area (Å²) in [6, 6.07) is 3.10. The number of aromatic nitrogens is 2. The van der Waals surface area contributed by atoms with E-state index in [1.807, 2.05) is 16.7 Å². The highest BCUT2D eigenvalue weighted by atomic mass is 32.2. The van der Waals surface area contributed by atoms with Gasteiger partial charge in [-0.2, -0.15) is 0 Å². The highest BCUT2D eigenvalue weighted by Crippen LogP contribution is 2.31. The molecule has 2 aliphatic rings. The van der Waals surface area contributed by atoms with Crippen LogP contribution < -0.4 is 15.0 Å². The van der Waals surface area contributed by atoms with Crippen molar-refractivity contribution in [3.8, 4) is 5.75 Å². The van der Waals surface area contributed by atoms with Gasteiger partial charge >= 0.3 is 0 Å². The first-order chi connectivity index (χ1) is 16.7. The molecule has 13 heteroatoms. The Morgan fingerprint density at radius 3 is 2.63 bits per heavy atom. The summed E-state index contributed by atoms with van der Waals surface area (Å²) in [5.74, 6) is -0.805. The molecule has 2 atom stereocenters. The summed E-state index contributed by atoms with van der Waals surface area (Å²) in [6.07, 6.45) is -1.38. The second-order valence-electron chi connectivity index (χ2n) is 8.69. The summed E-state index contributed by atoms with van der Waals surface area (Å²) in [5, 5.41) is 2.70. The molecule has 0 radical (unpaired) electrons. The summed E-state index contributed by atoms with van der Waals surface area (Å²) in [6.45, 7) is 2.58. The molecule has 192 valence electrons. The van der Waals surface area contributed by atoms with E-state index in [0.717, 1.165) is 12.1 Å². The average Bonchev–Trinajstić information content (AvgIpc) is 2.80. The third-order valence-electron chi connectivity index (χ3n) is 6.13. The van der Waals surface area contributed by atoms with Crippen LogP contribution in [0.25, 0.3) is 0 Å². The van der Waals surface area contributed by atoms with Crippen molar-refractivity contribution >= 4 is 22.7 Å². The van der Waals surface area contributed by atoms with E-state index in [1.165, 1.54) is 6.07 Å². The molecule has 0 aliphatic carbocycles. The zero-order valence-corrected chi connectivity index (χ0v) is 19.9. The van der Waals surface area contributed by atoms with Crippen LogP contribution in [0.3, 0.4) is 0 Å². The first-order valence-corrected chi connectivity index (χ1v) is 12.6. The maximum Gasteiger partial charge on any atom is 0.255 e. The number of benzene rings is 1. The van der Waals surface area contributed by atoms with Gasteiger partial charge in [0.1, 0.15) is 17.8 Å². The standard InChI is InChI=1S/C22H27F4N5O3S/c1-13-8-17-18(11-31(13)12-35(32)33)29-22(21(28-17)27-10-20(25)26)30-6-4-15(5-7-30)34-19-3-2-14(23)9-16(19)24/h2-3,9,13,15,20H,4-8,10-12H2,1H3,(H,27,28)(H,32,33). The normalized spacial score (nSPS) is 20.1. The minimum atomic E-state index is -2.57. The van der Waals surface area contributed by atoms with Crippen LogP contribution >= 0.6 is 0 Å². The Hall–Kier alpha value is -2.51. The Bertz CT molecular complexity index is 1070. The minimum Gasteiger partial charge on any atom is -0.487 e. The van der Waals surface area contributed by atoms with Gasteiger partial charge in [0, 0.05) is 51.0 Å². The smallest absolute Gasteiger partial charge is 0.255 e. The van der Waals surface area contributed by atoms with Crippen molar-refractivity contribution in [3.05, 3.63) is 41.2 Å². The number of halogens is 4. The fourth-order valence-electron chi connectivity index (χ4n) is 4.31. The van der Waals surface area contributed by atoms with Crippen molar-refractivity contribution in [2.24, 2.45) is 0 Å². The SMILES string of the molecule is CC1Cc2nc(NCC(F)F)c(N3CCC(Oc4ccc(F)cc4F)CC3)nc2CN1CS(=O)O. The Morgan fingerprint density at radius 1 is 1.23 bits per heavy atom. The highest BCUT2D eigenvalue weighted by molar-refractivity contribution is 7.79. The number of hydrogen-bond acceptors (Lipinski definition) is 7. The molecule has 1 aromatic heterocycles. The number of alkyl halides is 2. The van der Waals surface area contributed by atoms with Gasteiger partial charge in [0.15, 0.2) is 34.3 Å². The van der Waals surface area contributed by atoms with E-state index < -0.39 is 35.7 Å². The lowest BCUT2D eigenvalue weighted by atomic mass is 10.0. The van der Waals surface area contributed by atoms with E-state index in [-0.39, 0.29) is 29.6 Å². The third-order valence-corrected chi connectivity index (χ3v) is 6.68. The van der Waals surface area contributed by atoms with E-state index >= 15 is 0 Å². The molecule has 2 aliphatic heterocycles. The van der Waals surface area contributed by atoms with Crippen LogP contribution in [-0.2, 0) is 24.0 Å². The molecule has 0 bridgehead atoms. The number of rotatable bonds is 8. The lowest BCUT2D eigenvalue weighted by Crippen LogP contribution is -2.42. The van der Waals surface area contributed by atoms with Crippen LogP contribution in [0.4, 0.5) is 29.2 Å². The number of anilines is 2.